The van der Waals surface area contributed by atoms with Gasteiger partial charge in [0.15, 0.2) is 0 Å². The standard InChI is InChI=1S/C38H48N2/c1-3-33-27-31(25-29-15-21-37(39)22-16-29)13-19-35(33)11-9-7-5-6-8-10-12-36-20-14-32(28-34(36)4-2)26-30-17-23-38(40)24-18-30/h13-24,27-28H,3-12,25-26,39-40H2,1-2H3. The normalized spacial score (nSPS) is 11.2. The van der Waals surface area contributed by atoms with E-state index in [0.717, 1.165) is 37.1 Å². The number of hydrogen-bond donors (Lipinski definition) is 2. The average Bonchev–Trinajstić information content (AvgIpc) is 2.97. The fourth-order valence-corrected chi connectivity index (χ4v) is 5.80. The van der Waals surface area contributed by atoms with Crippen LogP contribution >= 0.6 is 0 Å². The molecule has 0 aliphatic rings. The first-order valence-electron chi connectivity index (χ1n) is 15.4. The van der Waals surface area contributed by atoms with Crippen molar-refractivity contribution >= 4 is 11.4 Å². The Hall–Kier alpha value is -3.52. The fraction of sp³-hybridized carbons (Fsp3) is 0.368. The lowest BCUT2D eigenvalue weighted by Crippen LogP contribution is -1.98. The fourth-order valence-electron chi connectivity index (χ4n) is 5.80. The summed E-state index contributed by atoms with van der Waals surface area (Å²) in [6.07, 6.45) is 14.5. The highest BCUT2D eigenvalue weighted by Crippen LogP contribution is 2.21. The summed E-state index contributed by atoms with van der Waals surface area (Å²) in [5.74, 6) is 0. The van der Waals surface area contributed by atoms with Crippen LogP contribution < -0.4 is 11.5 Å². The van der Waals surface area contributed by atoms with Crippen molar-refractivity contribution in [1.82, 2.24) is 0 Å². The van der Waals surface area contributed by atoms with Crippen LogP contribution in [0.25, 0.3) is 0 Å². The minimum absolute atomic E-state index is 0.829. The Morgan fingerprint density at radius 3 is 1.12 bits per heavy atom. The van der Waals surface area contributed by atoms with Crippen molar-refractivity contribution < 1.29 is 0 Å². The molecule has 0 heterocycles. The molecule has 0 unspecified atom stereocenters. The third-order valence-corrected chi connectivity index (χ3v) is 8.22. The maximum atomic E-state index is 5.84. The van der Waals surface area contributed by atoms with Gasteiger partial charge in [-0.2, -0.15) is 0 Å². The Bertz CT molecular complexity index is 1210. The van der Waals surface area contributed by atoms with Crippen LogP contribution in [0.15, 0.2) is 84.9 Å². The van der Waals surface area contributed by atoms with Crippen LogP contribution in [0.1, 0.15) is 96.9 Å². The molecule has 0 aliphatic carbocycles. The van der Waals surface area contributed by atoms with Gasteiger partial charge >= 0.3 is 0 Å². The van der Waals surface area contributed by atoms with E-state index >= 15 is 0 Å². The summed E-state index contributed by atoms with van der Waals surface area (Å²) < 4.78 is 0. The third-order valence-electron chi connectivity index (χ3n) is 8.22. The van der Waals surface area contributed by atoms with Gasteiger partial charge < -0.3 is 11.5 Å². The topological polar surface area (TPSA) is 52.0 Å². The first-order chi connectivity index (χ1) is 19.5. The molecule has 210 valence electrons. The molecule has 0 bridgehead atoms. The van der Waals surface area contributed by atoms with Gasteiger partial charge in [-0.3, -0.25) is 0 Å². The molecule has 4 aromatic rings. The minimum atomic E-state index is 0.829. The van der Waals surface area contributed by atoms with Gasteiger partial charge in [0, 0.05) is 11.4 Å². The van der Waals surface area contributed by atoms with Crippen LogP contribution in [0.2, 0.25) is 0 Å². The van der Waals surface area contributed by atoms with Gasteiger partial charge in [0.1, 0.15) is 0 Å². The Labute approximate surface area is 242 Å². The predicted molar refractivity (Wildman–Crippen MR) is 174 cm³/mol. The molecule has 4 aromatic carbocycles. The van der Waals surface area contributed by atoms with E-state index in [1.54, 1.807) is 0 Å². The van der Waals surface area contributed by atoms with Gasteiger partial charge in [-0.25, -0.2) is 0 Å². The van der Waals surface area contributed by atoms with Gasteiger partial charge in [-0.15, -0.1) is 0 Å². The Morgan fingerprint density at radius 1 is 0.400 bits per heavy atom. The Morgan fingerprint density at radius 2 is 0.750 bits per heavy atom. The van der Waals surface area contributed by atoms with Gasteiger partial charge in [-0.1, -0.05) is 100 Å². The molecule has 0 aliphatic heterocycles. The second kappa shape index (κ2) is 15.3. The Kier molecular flexibility index (Phi) is 11.3. The second-order valence-corrected chi connectivity index (χ2v) is 11.4. The van der Waals surface area contributed by atoms with Gasteiger partial charge in [0.2, 0.25) is 0 Å². The number of nitrogen functional groups attached to an aromatic ring is 2. The summed E-state index contributed by atoms with van der Waals surface area (Å²) in [7, 11) is 0. The van der Waals surface area contributed by atoms with Gasteiger partial charge in [0.05, 0.1) is 0 Å². The number of rotatable bonds is 15. The minimum Gasteiger partial charge on any atom is -0.399 e. The molecule has 2 heteroatoms. The maximum absolute atomic E-state index is 5.84. The summed E-state index contributed by atoms with van der Waals surface area (Å²) in [5.41, 5.74) is 24.9. The molecule has 0 aromatic heterocycles. The van der Waals surface area contributed by atoms with Crippen LogP contribution in [0.3, 0.4) is 0 Å². The lowest BCUT2D eigenvalue weighted by Gasteiger charge is -2.12. The first kappa shape index (κ1) is 29.5. The second-order valence-electron chi connectivity index (χ2n) is 11.4. The van der Waals surface area contributed by atoms with E-state index in [1.165, 1.54) is 95.9 Å². The maximum Gasteiger partial charge on any atom is 0.0314 e. The van der Waals surface area contributed by atoms with Crippen molar-refractivity contribution in [1.29, 1.82) is 0 Å². The zero-order chi connectivity index (χ0) is 28.2. The van der Waals surface area contributed by atoms with Gasteiger partial charge in [-0.05, 0) is 120 Å². The number of hydrogen-bond acceptors (Lipinski definition) is 2. The van der Waals surface area contributed by atoms with Crippen molar-refractivity contribution in [3.63, 3.8) is 0 Å². The average molecular weight is 533 g/mol. The van der Waals surface area contributed by atoms with E-state index < -0.39 is 0 Å². The van der Waals surface area contributed by atoms with Crippen LogP contribution in [0.5, 0.6) is 0 Å². The zero-order valence-corrected chi connectivity index (χ0v) is 24.7. The molecule has 40 heavy (non-hydrogen) atoms. The molecule has 0 spiro atoms. The molecule has 2 nitrogen and oxygen atoms in total. The van der Waals surface area contributed by atoms with Crippen LogP contribution in [-0.2, 0) is 38.5 Å². The van der Waals surface area contributed by atoms with Crippen molar-refractivity contribution in [2.45, 2.75) is 90.9 Å². The summed E-state index contributed by atoms with van der Waals surface area (Å²) in [6, 6.07) is 30.7. The quantitative estimate of drug-likeness (QED) is 0.118. The monoisotopic (exact) mass is 532 g/mol. The molecular formula is C38H48N2. The van der Waals surface area contributed by atoms with E-state index in [1.807, 2.05) is 24.3 Å². The number of nitrogens with two attached hydrogens (primary N) is 2. The molecule has 4 rings (SSSR count). The lowest BCUT2D eigenvalue weighted by molar-refractivity contribution is 0.592. The molecule has 0 atom stereocenters. The van der Waals surface area contributed by atoms with Crippen molar-refractivity contribution in [3.8, 4) is 0 Å². The smallest absolute Gasteiger partial charge is 0.0314 e. The van der Waals surface area contributed by atoms with Crippen molar-refractivity contribution in [2.24, 2.45) is 0 Å². The van der Waals surface area contributed by atoms with Gasteiger partial charge in [0.25, 0.3) is 0 Å². The van der Waals surface area contributed by atoms with E-state index in [-0.39, 0.29) is 0 Å². The van der Waals surface area contributed by atoms with E-state index in [0.29, 0.717) is 0 Å². The molecule has 0 radical (unpaired) electrons. The van der Waals surface area contributed by atoms with Crippen molar-refractivity contribution in [3.05, 3.63) is 129 Å². The van der Waals surface area contributed by atoms with Crippen molar-refractivity contribution in [2.75, 3.05) is 11.5 Å². The predicted octanol–water partition coefficient (Wildman–Crippen LogP) is 9.28. The highest BCUT2D eigenvalue weighted by molar-refractivity contribution is 5.43. The lowest BCUT2D eigenvalue weighted by atomic mass is 9.94. The van der Waals surface area contributed by atoms with E-state index in [9.17, 15) is 0 Å². The van der Waals surface area contributed by atoms with E-state index in [4.69, 9.17) is 11.5 Å². The Balaban J connectivity index is 1.14. The number of benzene rings is 4. The molecule has 0 fully saturated rings. The number of unbranched alkanes of at least 4 members (excludes halogenated alkanes) is 5. The van der Waals surface area contributed by atoms with Crippen LogP contribution in [0, 0.1) is 0 Å². The summed E-state index contributed by atoms with van der Waals surface area (Å²) in [4.78, 5) is 0. The number of aryl methyl sites for hydroxylation is 4. The highest BCUT2D eigenvalue weighted by atomic mass is 14.5. The summed E-state index contributed by atoms with van der Waals surface area (Å²) in [6.45, 7) is 4.56. The van der Waals surface area contributed by atoms with Crippen LogP contribution in [0.4, 0.5) is 11.4 Å². The molecule has 0 amide bonds. The largest absolute Gasteiger partial charge is 0.399 e. The number of anilines is 2. The molecule has 4 N–H and O–H groups in total. The third kappa shape index (κ3) is 9.01. The summed E-state index contributed by atoms with van der Waals surface area (Å²) >= 11 is 0. The summed E-state index contributed by atoms with van der Waals surface area (Å²) in [5, 5.41) is 0. The molecular weight excluding hydrogens is 484 g/mol. The van der Waals surface area contributed by atoms with Crippen LogP contribution in [-0.4, -0.2) is 0 Å². The zero-order valence-electron chi connectivity index (χ0n) is 24.7. The first-order valence-corrected chi connectivity index (χ1v) is 15.4. The highest BCUT2D eigenvalue weighted by Gasteiger charge is 2.06. The SMILES string of the molecule is CCc1cc(Cc2ccc(N)cc2)ccc1CCCCCCCCc1ccc(Cc2ccc(N)cc2)cc1CC. The molecule has 0 saturated carbocycles. The molecule has 0 saturated heterocycles. The van der Waals surface area contributed by atoms with E-state index in [2.05, 4.69) is 74.5 Å².